The van der Waals surface area contributed by atoms with Crippen LogP contribution in [0.5, 0.6) is 0 Å². The number of ketones is 1. The van der Waals surface area contributed by atoms with E-state index < -0.39 is 9.71 Å². The molecule has 3 aromatic rings. The number of amides is 2. The first-order valence-electron chi connectivity index (χ1n) is 11.8. The highest BCUT2D eigenvalue weighted by atomic mass is 32.2. The summed E-state index contributed by atoms with van der Waals surface area (Å²) < 4.78 is 16.5. The van der Waals surface area contributed by atoms with E-state index >= 15 is 0 Å². The van der Waals surface area contributed by atoms with Gasteiger partial charge in [-0.15, -0.1) is 22.7 Å². The first kappa shape index (κ1) is 24.3. The minimum atomic E-state index is -2.27. The summed E-state index contributed by atoms with van der Waals surface area (Å²) in [5.74, 6) is 3.86. The molecule has 5 rings (SSSR count). The van der Waals surface area contributed by atoms with Crippen molar-refractivity contribution >= 4 is 55.1 Å². The summed E-state index contributed by atoms with van der Waals surface area (Å²) in [7, 11) is -2.27. The van der Waals surface area contributed by atoms with E-state index in [1.54, 1.807) is 24.5 Å². The van der Waals surface area contributed by atoms with Crippen molar-refractivity contribution in [1.29, 1.82) is 0 Å². The number of hydrogen-bond donors (Lipinski definition) is 2. The average molecular weight is 531 g/mol. The number of Topliss-reactive ketones (excluding diaryl/α,β-unsaturated/α-hetero) is 1. The van der Waals surface area contributed by atoms with E-state index in [-0.39, 0.29) is 11.8 Å². The van der Waals surface area contributed by atoms with Crippen molar-refractivity contribution in [1.82, 2.24) is 14.2 Å². The Morgan fingerprint density at radius 3 is 2.54 bits per heavy atom. The Hall–Kier alpha value is -2.40. The molecule has 1 atom stereocenters. The SMILES string of the molecule is C=S(C)(=O)N1CCc2c(sc(-n3cccc3)c2CNC(=O)Nc2sc3c(c2C(C)=O)CCCC3)C1. The summed E-state index contributed by atoms with van der Waals surface area (Å²) in [5, 5.41) is 7.71. The van der Waals surface area contributed by atoms with Crippen LogP contribution in [0.3, 0.4) is 0 Å². The molecule has 2 aliphatic rings. The molecule has 2 N–H and O–H groups in total. The smallest absolute Gasteiger partial charge is 0.320 e. The highest BCUT2D eigenvalue weighted by Crippen LogP contribution is 2.39. The van der Waals surface area contributed by atoms with Gasteiger partial charge in [-0.2, -0.15) is 0 Å². The van der Waals surface area contributed by atoms with Crippen molar-refractivity contribution < 1.29 is 13.8 Å². The first-order chi connectivity index (χ1) is 16.7. The zero-order chi connectivity index (χ0) is 24.7. The second-order valence-corrected chi connectivity index (χ2v) is 13.9. The van der Waals surface area contributed by atoms with Crippen molar-refractivity contribution in [2.24, 2.45) is 0 Å². The molecule has 4 heterocycles. The van der Waals surface area contributed by atoms with Crippen molar-refractivity contribution in [3.63, 3.8) is 0 Å². The van der Waals surface area contributed by atoms with Gasteiger partial charge in [0.25, 0.3) is 0 Å². The highest BCUT2D eigenvalue weighted by Gasteiger charge is 2.28. The van der Waals surface area contributed by atoms with Gasteiger partial charge in [-0.05, 0) is 68.2 Å². The summed E-state index contributed by atoms with van der Waals surface area (Å²) in [6, 6.07) is 3.65. The predicted octanol–water partition coefficient (Wildman–Crippen LogP) is 4.62. The largest absolute Gasteiger partial charge is 0.334 e. The van der Waals surface area contributed by atoms with Crippen molar-refractivity contribution in [3.05, 3.63) is 56.5 Å². The van der Waals surface area contributed by atoms with E-state index in [0.29, 0.717) is 30.2 Å². The molecule has 1 unspecified atom stereocenters. The fourth-order valence-corrected chi connectivity index (χ4v) is 8.61. The van der Waals surface area contributed by atoms with Crippen LogP contribution in [0.25, 0.3) is 5.00 Å². The zero-order valence-electron chi connectivity index (χ0n) is 20.0. The van der Waals surface area contributed by atoms with Gasteiger partial charge in [0.2, 0.25) is 0 Å². The van der Waals surface area contributed by atoms with Crippen LogP contribution in [0.4, 0.5) is 9.80 Å². The van der Waals surface area contributed by atoms with E-state index in [9.17, 15) is 13.8 Å². The fourth-order valence-electron chi connectivity index (χ4n) is 4.96. The lowest BCUT2D eigenvalue weighted by Crippen LogP contribution is -2.35. The van der Waals surface area contributed by atoms with Gasteiger partial charge in [-0.1, -0.05) is 0 Å². The molecule has 1 aliphatic heterocycles. The number of aryl methyl sites for hydroxylation is 1. The topological polar surface area (TPSA) is 83.4 Å². The third kappa shape index (κ3) is 4.84. The van der Waals surface area contributed by atoms with Gasteiger partial charge in [0.1, 0.15) is 10.0 Å². The highest BCUT2D eigenvalue weighted by molar-refractivity contribution is 7.97. The van der Waals surface area contributed by atoms with Crippen LogP contribution in [0.2, 0.25) is 0 Å². The normalized spacial score (nSPS) is 17.3. The number of carbonyl (C=O) groups excluding carboxylic acids is 2. The number of nitrogens with zero attached hydrogens (tertiary/aromatic N) is 2. The van der Waals surface area contributed by atoms with Crippen LogP contribution in [-0.2, 0) is 42.1 Å². The Morgan fingerprint density at radius 1 is 1.09 bits per heavy atom. The lowest BCUT2D eigenvalue weighted by atomic mass is 9.94. The first-order valence-corrected chi connectivity index (χ1v) is 15.5. The van der Waals surface area contributed by atoms with Crippen molar-refractivity contribution in [2.45, 2.75) is 52.1 Å². The minimum Gasteiger partial charge on any atom is -0.334 e. The van der Waals surface area contributed by atoms with Crippen LogP contribution in [0, 0.1) is 0 Å². The van der Waals surface area contributed by atoms with E-state index in [1.165, 1.54) is 26.7 Å². The third-order valence-corrected chi connectivity index (χ3v) is 10.6. The van der Waals surface area contributed by atoms with Gasteiger partial charge in [-0.25, -0.2) is 9.10 Å². The third-order valence-electron chi connectivity index (χ3n) is 6.67. The van der Waals surface area contributed by atoms with Gasteiger partial charge in [0.15, 0.2) is 5.78 Å². The lowest BCUT2D eigenvalue weighted by molar-refractivity contribution is 0.101. The molecule has 0 fully saturated rings. The Labute approximate surface area is 214 Å². The average Bonchev–Trinajstić information content (AvgIpc) is 3.53. The summed E-state index contributed by atoms with van der Waals surface area (Å²) in [5.41, 5.74) is 4.10. The molecular formula is C25H30N4O3S3. The number of thiophene rings is 2. The maximum Gasteiger partial charge on any atom is 0.320 e. The Bertz CT molecular complexity index is 1380. The zero-order valence-corrected chi connectivity index (χ0v) is 22.5. The predicted molar refractivity (Wildman–Crippen MR) is 146 cm³/mol. The lowest BCUT2D eigenvalue weighted by Gasteiger charge is -2.28. The number of nitrogens with one attached hydrogen (secondary N) is 2. The number of rotatable bonds is 6. The van der Waals surface area contributed by atoms with Gasteiger partial charge < -0.3 is 9.88 Å². The summed E-state index contributed by atoms with van der Waals surface area (Å²) in [4.78, 5) is 27.7. The molecule has 0 bridgehead atoms. The fraction of sp³-hybridized carbons (Fsp3) is 0.400. The number of hydrogen-bond acceptors (Lipinski definition) is 5. The van der Waals surface area contributed by atoms with Gasteiger partial charge >= 0.3 is 6.03 Å². The maximum absolute atomic E-state index is 13.0. The number of fused-ring (bicyclic) bond motifs is 2. The van der Waals surface area contributed by atoms with Gasteiger partial charge in [0, 0.05) is 63.3 Å². The van der Waals surface area contributed by atoms with Crippen molar-refractivity contribution in [2.75, 3.05) is 18.1 Å². The molecule has 0 spiro atoms. The van der Waals surface area contributed by atoms with Crippen LogP contribution < -0.4 is 10.6 Å². The Morgan fingerprint density at radius 2 is 1.83 bits per heavy atom. The molecule has 0 aromatic carbocycles. The molecule has 7 nitrogen and oxygen atoms in total. The molecular weight excluding hydrogens is 501 g/mol. The molecule has 35 heavy (non-hydrogen) atoms. The molecule has 0 saturated heterocycles. The molecule has 0 saturated carbocycles. The van der Waals surface area contributed by atoms with E-state index in [4.69, 9.17) is 0 Å². The van der Waals surface area contributed by atoms with Crippen LogP contribution in [0.15, 0.2) is 24.5 Å². The number of aromatic nitrogens is 1. The van der Waals surface area contributed by atoms with E-state index in [1.807, 2.05) is 28.8 Å². The van der Waals surface area contributed by atoms with Crippen molar-refractivity contribution in [3.8, 4) is 5.00 Å². The Balaban J connectivity index is 1.38. The molecule has 10 heteroatoms. The molecule has 3 aromatic heterocycles. The number of urea groups is 1. The number of carbonyl (C=O) groups is 2. The minimum absolute atomic E-state index is 0.00368. The monoisotopic (exact) mass is 530 g/mol. The number of anilines is 1. The molecule has 2 amide bonds. The Kier molecular flexibility index (Phi) is 6.65. The molecule has 1 aliphatic carbocycles. The van der Waals surface area contributed by atoms with Gasteiger partial charge in [-0.3, -0.25) is 14.3 Å². The second-order valence-electron chi connectivity index (χ2n) is 9.23. The van der Waals surface area contributed by atoms with Gasteiger partial charge in [0.05, 0.1) is 5.56 Å². The van der Waals surface area contributed by atoms with Crippen LogP contribution >= 0.6 is 22.7 Å². The summed E-state index contributed by atoms with van der Waals surface area (Å²) >= 11 is 3.21. The summed E-state index contributed by atoms with van der Waals surface area (Å²) in [6.07, 6.45) is 10.5. The molecule has 186 valence electrons. The van der Waals surface area contributed by atoms with E-state index in [0.717, 1.165) is 48.2 Å². The van der Waals surface area contributed by atoms with Crippen LogP contribution in [0.1, 0.15) is 56.6 Å². The standard InChI is InChI=1S/C25H30N4O3S3/c1-16(30)22-18-8-4-5-9-20(18)33-23(22)27-25(31)26-14-19-17-10-13-29(35(2,3)32)15-21(17)34-24(19)28-11-6-7-12-28/h6-7,11-12H,2,4-5,8-10,13-15H2,1,3H3,(H2,26,27,31). The van der Waals surface area contributed by atoms with Crippen LogP contribution in [-0.4, -0.2) is 43.6 Å². The van der Waals surface area contributed by atoms with E-state index in [2.05, 4.69) is 21.1 Å². The summed E-state index contributed by atoms with van der Waals surface area (Å²) in [6.45, 7) is 3.22. The second kappa shape index (κ2) is 9.57. The quantitative estimate of drug-likeness (QED) is 0.360. The molecule has 0 radical (unpaired) electrons. The maximum atomic E-state index is 13.0.